The SMILES string of the molecule is CN(C)c1nc(NC2CCC(CNC(=S)Nc3c(Br)cc(Br)cc3Br)CC2)nc2ccccc12. The molecule has 34 heavy (non-hydrogen) atoms. The van der Waals surface area contributed by atoms with Crippen LogP contribution in [0.1, 0.15) is 25.7 Å². The van der Waals surface area contributed by atoms with E-state index in [1.807, 2.05) is 49.3 Å². The van der Waals surface area contributed by atoms with E-state index in [4.69, 9.17) is 22.2 Å². The van der Waals surface area contributed by atoms with E-state index in [1.54, 1.807) is 0 Å². The van der Waals surface area contributed by atoms with Crippen molar-refractivity contribution in [1.29, 1.82) is 0 Å². The second-order valence-corrected chi connectivity index (χ2v) is 11.8. The molecule has 1 aliphatic carbocycles. The van der Waals surface area contributed by atoms with Crippen molar-refractivity contribution < 1.29 is 0 Å². The third-order valence-electron chi connectivity index (χ3n) is 5.98. The molecule has 6 nitrogen and oxygen atoms in total. The van der Waals surface area contributed by atoms with Gasteiger partial charge in [0.2, 0.25) is 5.95 Å². The summed E-state index contributed by atoms with van der Waals surface area (Å²) in [7, 11) is 4.04. The van der Waals surface area contributed by atoms with Crippen LogP contribution in [-0.2, 0) is 0 Å². The van der Waals surface area contributed by atoms with Gasteiger partial charge in [-0.3, -0.25) is 0 Å². The lowest BCUT2D eigenvalue weighted by atomic mass is 9.86. The van der Waals surface area contributed by atoms with Crippen molar-refractivity contribution in [2.24, 2.45) is 5.92 Å². The van der Waals surface area contributed by atoms with Crippen molar-refractivity contribution in [2.45, 2.75) is 31.7 Å². The average Bonchev–Trinajstić information content (AvgIpc) is 2.80. The van der Waals surface area contributed by atoms with Crippen molar-refractivity contribution in [2.75, 3.05) is 36.2 Å². The fraction of sp³-hybridized carbons (Fsp3) is 0.375. The Balaban J connectivity index is 1.28. The predicted molar refractivity (Wildman–Crippen MR) is 157 cm³/mol. The third-order valence-corrected chi connectivity index (χ3v) is 7.94. The molecular weight excluding hydrogens is 644 g/mol. The van der Waals surface area contributed by atoms with Crippen LogP contribution in [0.15, 0.2) is 49.8 Å². The number of nitrogens with one attached hydrogen (secondary N) is 3. The number of hydrogen-bond donors (Lipinski definition) is 3. The van der Waals surface area contributed by atoms with Crippen LogP contribution in [-0.4, -0.2) is 41.8 Å². The van der Waals surface area contributed by atoms with Gasteiger partial charge in [0, 0.05) is 45.5 Å². The molecule has 3 aromatic rings. The van der Waals surface area contributed by atoms with Crippen LogP contribution < -0.4 is 20.9 Å². The van der Waals surface area contributed by atoms with E-state index in [-0.39, 0.29) is 0 Å². The van der Waals surface area contributed by atoms with Gasteiger partial charge < -0.3 is 20.9 Å². The molecule has 0 bridgehead atoms. The number of benzene rings is 2. The molecule has 0 spiro atoms. The first-order chi connectivity index (χ1) is 16.3. The van der Waals surface area contributed by atoms with Crippen molar-refractivity contribution in [3.05, 3.63) is 49.8 Å². The second-order valence-electron chi connectivity index (χ2n) is 8.72. The smallest absolute Gasteiger partial charge is 0.225 e. The molecule has 1 fully saturated rings. The fourth-order valence-electron chi connectivity index (χ4n) is 4.22. The van der Waals surface area contributed by atoms with Gasteiger partial charge in [0.05, 0.1) is 11.2 Å². The molecule has 0 aliphatic heterocycles. The number of rotatable bonds is 6. The minimum Gasteiger partial charge on any atom is -0.362 e. The molecule has 3 N–H and O–H groups in total. The first kappa shape index (κ1) is 25.6. The Labute approximate surface area is 231 Å². The molecular formula is C24H27Br3N6S. The summed E-state index contributed by atoms with van der Waals surface area (Å²) in [4.78, 5) is 11.6. The highest BCUT2D eigenvalue weighted by molar-refractivity contribution is 9.11. The van der Waals surface area contributed by atoms with Gasteiger partial charge in [0.1, 0.15) is 5.82 Å². The average molecular weight is 671 g/mol. The van der Waals surface area contributed by atoms with Gasteiger partial charge in [-0.2, -0.15) is 4.98 Å². The number of aromatic nitrogens is 2. The molecule has 1 aromatic heterocycles. The number of para-hydroxylation sites is 1. The lowest BCUT2D eigenvalue weighted by Gasteiger charge is -2.30. The molecule has 4 rings (SSSR count). The minimum atomic E-state index is 0.382. The topological polar surface area (TPSA) is 65.1 Å². The van der Waals surface area contributed by atoms with Crippen LogP contribution in [0.5, 0.6) is 0 Å². The van der Waals surface area contributed by atoms with Gasteiger partial charge in [-0.1, -0.05) is 28.1 Å². The number of nitrogens with zero attached hydrogens (tertiary/aromatic N) is 3. The van der Waals surface area contributed by atoms with Crippen LogP contribution >= 0.6 is 60.0 Å². The van der Waals surface area contributed by atoms with Gasteiger partial charge in [-0.25, -0.2) is 4.98 Å². The molecule has 0 amide bonds. The van der Waals surface area contributed by atoms with Gasteiger partial charge in [0.25, 0.3) is 0 Å². The van der Waals surface area contributed by atoms with Crippen molar-refractivity contribution in [1.82, 2.24) is 15.3 Å². The molecule has 0 saturated heterocycles. The Morgan fingerprint density at radius 1 is 1.03 bits per heavy atom. The summed E-state index contributed by atoms with van der Waals surface area (Å²) in [6, 6.07) is 12.5. The lowest BCUT2D eigenvalue weighted by Crippen LogP contribution is -2.36. The highest BCUT2D eigenvalue weighted by Crippen LogP contribution is 2.34. The summed E-state index contributed by atoms with van der Waals surface area (Å²) >= 11 is 16.2. The molecule has 10 heteroatoms. The third kappa shape index (κ3) is 6.38. The van der Waals surface area contributed by atoms with E-state index in [0.717, 1.165) is 68.1 Å². The predicted octanol–water partition coefficient (Wildman–Crippen LogP) is 6.94. The number of thiocarbonyl (C=S) groups is 1. The lowest BCUT2D eigenvalue weighted by molar-refractivity contribution is 0.336. The van der Waals surface area contributed by atoms with Crippen molar-refractivity contribution in [3.8, 4) is 0 Å². The van der Waals surface area contributed by atoms with E-state index >= 15 is 0 Å². The molecule has 0 atom stereocenters. The van der Waals surface area contributed by atoms with Gasteiger partial charge in [-0.05, 0) is 99.9 Å². The van der Waals surface area contributed by atoms with E-state index in [2.05, 4.69) is 69.8 Å². The first-order valence-corrected chi connectivity index (χ1v) is 14.0. The monoisotopic (exact) mass is 668 g/mol. The Kier molecular flexibility index (Phi) is 8.66. The quantitative estimate of drug-likeness (QED) is 0.246. The number of fused-ring (bicyclic) bond motifs is 1. The van der Waals surface area contributed by atoms with Crippen molar-refractivity contribution >= 4 is 93.5 Å². The second kappa shape index (κ2) is 11.5. The van der Waals surface area contributed by atoms with Crippen molar-refractivity contribution in [3.63, 3.8) is 0 Å². The standard InChI is InChI=1S/C24H27Br3N6S/c1-33(2)22-17-5-3-4-6-20(17)30-23(32-22)29-16-9-7-14(8-10-16)13-28-24(34)31-21-18(26)11-15(25)12-19(21)27/h3-6,11-12,14,16H,7-10,13H2,1-2H3,(H2,28,31,34)(H,29,30,32). The summed E-state index contributed by atoms with van der Waals surface area (Å²) in [5.41, 5.74) is 1.88. The normalized spacial score (nSPS) is 17.9. The van der Waals surface area contributed by atoms with Crippen LogP contribution in [0.4, 0.5) is 17.5 Å². The Morgan fingerprint density at radius 2 is 1.71 bits per heavy atom. The Bertz CT molecular complexity index is 1160. The zero-order chi connectivity index (χ0) is 24.2. The Hall–Kier alpha value is -1.49. The van der Waals surface area contributed by atoms with E-state index in [0.29, 0.717) is 23.0 Å². The van der Waals surface area contributed by atoms with Crippen LogP contribution in [0.25, 0.3) is 10.9 Å². The fourth-order valence-corrected chi connectivity index (χ4v) is 6.86. The first-order valence-electron chi connectivity index (χ1n) is 11.2. The molecule has 0 unspecified atom stereocenters. The molecule has 2 aromatic carbocycles. The summed E-state index contributed by atoms with van der Waals surface area (Å²) in [5.74, 6) is 2.24. The van der Waals surface area contributed by atoms with Crippen LogP contribution in [0.3, 0.4) is 0 Å². The highest BCUT2D eigenvalue weighted by Gasteiger charge is 2.22. The summed E-state index contributed by atoms with van der Waals surface area (Å²) in [5, 5.41) is 12.0. The molecule has 0 radical (unpaired) electrons. The van der Waals surface area contributed by atoms with E-state index < -0.39 is 0 Å². The highest BCUT2D eigenvalue weighted by atomic mass is 79.9. The molecule has 180 valence electrons. The molecule has 1 saturated carbocycles. The van der Waals surface area contributed by atoms with Gasteiger partial charge >= 0.3 is 0 Å². The van der Waals surface area contributed by atoms with Crippen LogP contribution in [0, 0.1) is 5.92 Å². The van der Waals surface area contributed by atoms with E-state index in [1.165, 1.54) is 0 Å². The van der Waals surface area contributed by atoms with Crippen LogP contribution in [0.2, 0.25) is 0 Å². The zero-order valence-corrected chi connectivity index (χ0v) is 24.6. The number of hydrogen-bond acceptors (Lipinski definition) is 5. The largest absolute Gasteiger partial charge is 0.362 e. The maximum absolute atomic E-state index is 5.53. The number of halogens is 3. The Morgan fingerprint density at radius 3 is 2.38 bits per heavy atom. The maximum Gasteiger partial charge on any atom is 0.225 e. The number of anilines is 3. The van der Waals surface area contributed by atoms with E-state index in [9.17, 15) is 0 Å². The summed E-state index contributed by atoms with van der Waals surface area (Å²) in [6.45, 7) is 0.863. The minimum absolute atomic E-state index is 0.382. The maximum atomic E-state index is 5.53. The zero-order valence-electron chi connectivity index (χ0n) is 19.0. The summed E-state index contributed by atoms with van der Waals surface area (Å²) < 4.78 is 2.88. The van der Waals surface area contributed by atoms with Gasteiger partial charge in [0.15, 0.2) is 5.11 Å². The molecule has 1 aliphatic rings. The molecule has 1 heterocycles. The van der Waals surface area contributed by atoms with Gasteiger partial charge in [-0.15, -0.1) is 0 Å². The summed E-state index contributed by atoms with van der Waals surface area (Å²) in [6.07, 6.45) is 4.44.